The van der Waals surface area contributed by atoms with E-state index in [2.05, 4.69) is 36.2 Å². The zero-order chi connectivity index (χ0) is 32.9. The predicted molar refractivity (Wildman–Crippen MR) is 184 cm³/mol. The van der Waals surface area contributed by atoms with E-state index in [1.54, 1.807) is 30.4 Å². The van der Waals surface area contributed by atoms with Crippen LogP contribution >= 0.6 is 0 Å². The van der Waals surface area contributed by atoms with Gasteiger partial charge in [-0.25, -0.2) is 9.97 Å². The molecule has 0 spiro atoms. The summed E-state index contributed by atoms with van der Waals surface area (Å²) in [6.07, 6.45) is 10.4. The van der Waals surface area contributed by atoms with E-state index in [0.29, 0.717) is 46.6 Å². The standard InChI is InChI=1S/C36H40N8O4/c1-3-24-18-41(27-21-48-22-27)12-13-42(24)26-7-8-33(38-16-26)39-31-14-23(17-40(2)36(31)47)28-9-10-37-34(30(28)20-45)44-19-32-29(35(44)46)15-25-6-4-5-11-43(25)32/h3,7-10,14-17,24,27,45H,1,4-6,11-13,18-22H2,2H3,(H,38,39). The summed E-state index contributed by atoms with van der Waals surface area (Å²) in [6, 6.07) is 10.2. The lowest BCUT2D eigenvalue weighted by atomic mass is 10.0. The largest absolute Gasteiger partial charge is 0.392 e. The van der Waals surface area contributed by atoms with Gasteiger partial charge in [0.1, 0.15) is 17.3 Å². The number of hydrogen-bond donors (Lipinski definition) is 2. The number of rotatable bonds is 8. The average molecular weight is 649 g/mol. The first-order chi connectivity index (χ1) is 23.4. The molecule has 4 aliphatic rings. The molecule has 2 saturated heterocycles. The second-order valence-corrected chi connectivity index (χ2v) is 13.1. The molecule has 2 fully saturated rings. The molecule has 8 rings (SSSR count). The Morgan fingerprint density at radius 1 is 1.08 bits per heavy atom. The zero-order valence-electron chi connectivity index (χ0n) is 27.1. The van der Waals surface area contributed by atoms with Gasteiger partial charge in [0.15, 0.2) is 0 Å². The highest BCUT2D eigenvalue weighted by Crippen LogP contribution is 2.37. The van der Waals surface area contributed by atoms with Gasteiger partial charge in [-0.05, 0) is 55.2 Å². The topological polar surface area (TPSA) is 121 Å². The summed E-state index contributed by atoms with van der Waals surface area (Å²) in [4.78, 5) is 42.6. The van der Waals surface area contributed by atoms with Crippen LogP contribution < -0.4 is 20.7 Å². The van der Waals surface area contributed by atoms with Crippen LogP contribution in [0.1, 0.15) is 40.2 Å². The van der Waals surface area contributed by atoms with Crippen molar-refractivity contribution in [2.45, 2.75) is 51.0 Å². The number of nitrogens with one attached hydrogen (secondary N) is 1. The van der Waals surface area contributed by atoms with E-state index >= 15 is 0 Å². The molecule has 48 heavy (non-hydrogen) atoms. The first-order valence-electron chi connectivity index (χ1n) is 16.7. The van der Waals surface area contributed by atoms with Crippen LogP contribution in [0.15, 0.2) is 66.4 Å². The minimum absolute atomic E-state index is 0.0992. The third kappa shape index (κ3) is 5.20. The molecule has 1 amide bonds. The maximum absolute atomic E-state index is 13.6. The van der Waals surface area contributed by atoms with Crippen LogP contribution in [-0.2, 0) is 37.9 Å². The molecule has 0 aromatic carbocycles. The van der Waals surface area contributed by atoms with Gasteiger partial charge in [-0.3, -0.25) is 19.4 Å². The minimum Gasteiger partial charge on any atom is -0.392 e. The molecule has 12 nitrogen and oxygen atoms in total. The minimum atomic E-state index is -0.319. The van der Waals surface area contributed by atoms with Gasteiger partial charge < -0.3 is 29.2 Å². The van der Waals surface area contributed by atoms with Crippen molar-refractivity contribution in [3.8, 4) is 11.1 Å². The smallest absolute Gasteiger partial charge is 0.274 e. The van der Waals surface area contributed by atoms with E-state index in [0.717, 1.165) is 75.6 Å². The summed E-state index contributed by atoms with van der Waals surface area (Å²) in [5, 5.41) is 13.8. The number of aliphatic hydroxyl groups is 1. The first kappa shape index (κ1) is 30.5. The molecule has 0 aliphatic carbocycles. The molecular weight excluding hydrogens is 608 g/mol. The number of aromatic nitrogens is 4. The maximum Gasteiger partial charge on any atom is 0.274 e. The lowest BCUT2D eigenvalue weighted by molar-refractivity contribution is -0.0682. The molecule has 4 aromatic rings. The molecule has 1 atom stereocenters. The Bertz CT molecular complexity index is 1950. The van der Waals surface area contributed by atoms with Gasteiger partial charge in [-0.15, -0.1) is 6.58 Å². The highest BCUT2D eigenvalue weighted by molar-refractivity contribution is 6.10. The van der Waals surface area contributed by atoms with Gasteiger partial charge in [0.05, 0.1) is 61.6 Å². The van der Waals surface area contributed by atoms with Gasteiger partial charge >= 0.3 is 0 Å². The van der Waals surface area contributed by atoms with Crippen LogP contribution in [0.2, 0.25) is 0 Å². The Hall–Kier alpha value is -4.78. The van der Waals surface area contributed by atoms with Crippen LogP contribution in [0.5, 0.6) is 0 Å². The van der Waals surface area contributed by atoms with Crippen molar-refractivity contribution in [3.63, 3.8) is 0 Å². The van der Waals surface area contributed by atoms with Crippen molar-refractivity contribution in [1.82, 2.24) is 24.0 Å². The fourth-order valence-corrected chi connectivity index (χ4v) is 7.58. The number of piperazine rings is 1. The normalized spacial score (nSPS) is 19.6. The van der Waals surface area contributed by atoms with E-state index in [1.165, 1.54) is 10.3 Å². The summed E-state index contributed by atoms with van der Waals surface area (Å²) in [5.74, 6) is 0.874. The number of ether oxygens (including phenoxy) is 1. The van der Waals surface area contributed by atoms with Crippen LogP contribution in [0, 0.1) is 0 Å². The third-order valence-corrected chi connectivity index (χ3v) is 10.3. The molecule has 12 heteroatoms. The molecule has 0 bridgehead atoms. The molecule has 2 N–H and O–H groups in total. The van der Waals surface area contributed by atoms with Crippen molar-refractivity contribution < 1.29 is 14.6 Å². The molecule has 0 saturated carbocycles. The van der Waals surface area contributed by atoms with Gasteiger partial charge in [0.2, 0.25) is 0 Å². The molecule has 248 valence electrons. The summed E-state index contributed by atoms with van der Waals surface area (Å²) >= 11 is 0. The highest BCUT2D eigenvalue weighted by atomic mass is 16.5. The van der Waals surface area contributed by atoms with E-state index in [1.807, 2.05) is 36.5 Å². The van der Waals surface area contributed by atoms with Crippen LogP contribution in [0.3, 0.4) is 0 Å². The quantitative estimate of drug-likeness (QED) is 0.277. The number of amides is 1. The number of hydrogen-bond acceptors (Lipinski definition) is 9. The van der Waals surface area contributed by atoms with Crippen LogP contribution in [0.25, 0.3) is 11.1 Å². The lowest BCUT2D eigenvalue weighted by Crippen LogP contribution is -2.60. The second kappa shape index (κ2) is 12.3. The van der Waals surface area contributed by atoms with E-state index in [-0.39, 0.29) is 24.1 Å². The Morgan fingerprint density at radius 3 is 2.71 bits per heavy atom. The van der Waals surface area contributed by atoms with Gasteiger partial charge in [0.25, 0.3) is 11.5 Å². The molecule has 0 radical (unpaired) electrons. The van der Waals surface area contributed by atoms with Gasteiger partial charge in [0, 0.05) is 62.4 Å². The molecule has 1 unspecified atom stereocenters. The van der Waals surface area contributed by atoms with Crippen molar-refractivity contribution in [3.05, 3.63) is 94.4 Å². The number of carbonyl (C=O) groups is 1. The van der Waals surface area contributed by atoms with Crippen molar-refractivity contribution in [2.24, 2.45) is 7.05 Å². The summed E-state index contributed by atoms with van der Waals surface area (Å²) < 4.78 is 9.17. The summed E-state index contributed by atoms with van der Waals surface area (Å²) in [5.41, 5.74) is 6.02. The van der Waals surface area contributed by atoms with Gasteiger partial charge in [-0.2, -0.15) is 0 Å². The number of pyridine rings is 3. The third-order valence-electron chi connectivity index (χ3n) is 10.3. The van der Waals surface area contributed by atoms with Crippen molar-refractivity contribution in [2.75, 3.05) is 48.0 Å². The number of fused-ring (bicyclic) bond motifs is 3. The maximum atomic E-state index is 13.6. The van der Waals surface area contributed by atoms with E-state index in [4.69, 9.17) is 4.74 Å². The van der Waals surface area contributed by atoms with Crippen LogP contribution in [-0.4, -0.2) is 79.9 Å². The Balaban J connectivity index is 1.04. The highest BCUT2D eigenvalue weighted by Gasteiger charge is 2.36. The molecule has 4 aromatic heterocycles. The fraction of sp³-hybridized carbons (Fsp3) is 0.389. The SMILES string of the molecule is C=CC1CN(C2COC2)CCN1c1ccc(Nc2cc(-c3ccnc(N4Cc5c(cc6n5CCCC6)C4=O)c3CO)cn(C)c2=O)nc1. The van der Waals surface area contributed by atoms with Gasteiger partial charge in [-0.1, -0.05) is 6.08 Å². The number of anilines is 4. The van der Waals surface area contributed by atoms with Crippen LogP contribution in [0.4, 0.5) is 23.0 Å². The predicted octanol–water partition coefficient (Wildman–Crippen LogP) is 3.45. The van der Waals surface area contributed by atoms with Crippen molar-refractivity contribution in [1.29, 1.82) is 0 Å². The number of aryl methyl sites for hydroxylation is 2. The zero-order valence-corrected chi connectivity index (χ0v) is 27.1. The molecule has 4 aliphatic heterocycles. The first-order valence-corrected chi connectivity index (χ1v) is 16.7. The number of nitrogens with zero attached hydrogens (tertiary/aromatic N) is 7. The number of carbonyl (C=O) groups excluding carboxylic acids is 1. The lowest BCUT2D eigenvalue weighted by Gasteiger charge is -2.46. The summed E-state index contributed by atoms with van der Waals surface area (Å²) in [6.45, 7) is 9.40. The Kier molecular flexibility index (Phi) is 7.86. The van der Waals surface area contributed by atoms with E-state index in [9.17, 15) is 14.7 Å². The Morgan fingerprint density at radius 2 is 1.96 bits per heavy atom. The van der Waals surface area contributed by atoms with Crippen molar-refractivity contribution >= 4 is 28.9 Å². The number of aliphatic hydroxyl groups excluding tert-OH is 1. The average Bonchev–Trinajstić information content (AvgIpc) is 3.61. The molecule has 8 heterocycles. The second-order valence-electron chi connectivity index (χ2n) is 13.1. The Labute approximate surface area is 278 Å². The van der Waals surface area contributed by atoms with E-state index < -0.39 is 0 Å². The summed E-state index contributed by atoms with van der Waals surface area (Å²) in [7, 11) is 1.69. The molecular formula is C36H40N8O4. The fourth-order valence-electron chi connectivity index (χ4n) is 7.58. The monoisotopic (exact) mass is 648 g/mol.